The van der Waals surface area contributed by atoms with Gasteiger partial charge in [0.05, 0.1) is 6.26 Å². The van der Waals surface area contributed by atoms with Crippen LogP contribution in [0.1, 0.15) is 13.3 Å². The van der Waals surface area contributed by atoms with Gasteiger partial charge >= 0.3 is 8.80 Å². The predicted octanol–water partition coefficient (Wildman–Crippen LogP) is 0.779. The summed E-state index contributed by atoms with van der Waals surface area (Å²) in [7, 11) is -0.983. The second kappa shape index (κ2) is 8.19. The van der Waals surface area contributed by atoms with Gasteiger partial charge in [-0.05, 0) is 0 Å². The van der Waals surface area contributed by atoms with E-state index in [9.17, 15) is 8.42 Å². The number of hydrogen-bond acceptors (Lipinski definition) is 5. The third-order valence-corrected chi connectivity index (χ3v) is 4.47. The molecule has 0 aliphatic carbocycles. The maximum absolute atomic E-state index is 9.19. The molecule has 0 saturated carbocycles. The van der Waals surface area contributed by atoms with Gasteiger partial charge in [0.1, 0.15) is 0 Å². The van der Waals surface area contributed by atoms with Crippen LogP contribution >= 0.6 is 0 Å². The second-order valence-corrected chi connectivity index (χ2v) is 7.34. The molecule has 0 amide bonds. The lowest BCUT2D eigenvalue weighted by Gasteiger charge is -2.23. The first-order valence-electron chi connectivity index (χ1n) is 4.32. The van der Waals surface area contributed by atoms with Crippen molar-refractivity contribution < 1.29 is 26.2 Å². The molecular formula is C7H20O6SSi. The van der Waals surface area contributed by atoms with Gasteiger partial charge in [-0.2, -0.15) is 8.42 Å². The molecule has 6 nitrogen and oxygen atoms in total. The fraction of sp³-hybridized carbons (Fsp3) is 1.00. The summed E-state index contributed by atoms with van der Waals surface area (Å²) >= 11 is 0. The van der Waals surface area contributed by atoms with Crippen LogP contribution in [0.2, 0.25) is 6.04 Å². The maximum Gasteiger partial charge on any atom is 0.500 e. The normalized spacial score (nSPS) is 11.9. The smallest absolute Gasteiger partial charge is 0.377 e. The van der Waals surface area contributed by atoms with E-state index >= 15 is 0 Å². The highest BCUT2D eigenvalue weighted by atomic mass is 32.2. The number of rotatable bonds is 5. The molecule has 0 heterocycles. The summed E-state index contributed by atoms with van der Waals surface area (Å²) in [5.74, 6) is 0. The third-order valence-electron chi connectivity index (χ3n) is 1.49. The minimum absolute atomic E-state index is 0.715. The van der Waals surface area contributed by atoms with Crippen LogP contribution in [0.3, 0.4) is 0 Å². The zero-order chi connectivity index (χ0) is 12.5. The third kappa shape index (κ3) is 11.9. The van der Waals surface area contributed by atoms with Crippen LogP contribution in [0, 0.1) is 0 Å². The predicted molar refractivity (Wildman–Crippen MR) is 59.4 cm³/mol. The Kier molecular flexibility index (Phi) is 9.51. The van der Waals surface area contributed by atoms with Gasteiger partial charge in [-0.1, -0.05) is 13.3 Å². The van der Waals surface area contributed by atoms with Gasteiger partial charge in [-0.3, -0.25) is 4.55 Å². The monoisotopic (exact) mass is 260 g/mol. The molecule has 1 N–H and O–H groups in total. The highest BCUT2D eigenvalue weighted by Gasteiger charge is 2.36. The molecule has 0 spiro atoms. The van der Waals surface area contributed by atoms with Gasteiger partial charge < -0.3 is 13.3 Å². The highest BCUT2D eigenvalue weighted by molar-refractivity contribution is 7.85. The first kappa shape index (κ1) is 17.4. The lowest BCUT2D eigenvalue weighted by Crippen LogP contribution is -2.42. The average Bonchev–Trinajstić information content (AvgIpc) is 2.12. The topological polar surface area (TPSA) is 82.1 Å². The molecule has 0 unspecified atom stereocenters. The Labute approximate surface area is 92.7 Å². The van der Waals surface area contributed by atoms with Gasteiger partial charge in [-0.15, -0.1) is 0 Å². The van der Waals surface area contributed by atoms with Crippen LogP contribution in [0.15, 0.2) is 0 Å². The standard InChI is InChI=1S/C6H16O3Si.CH4O3S/c1-5-6-10(7-2,8-3)9-4;1-5(2,3)4/h5-6H2,1-4H3;1H3,(H,2,3,4). The van der Waals surface area contributed by atoms with E-state index in [0.29, 0.717) is 6.26 Å². The van der Waals surface area contributed by atoms with Crippen LogP contribution in [0.4, 0.5) is 0 Å². The number of hydrogen-bond donors (Lipinski definition) is 1. The summed E-state index contributed by atoms with van der Waals surface area (Å²) in [6.45, 7) is 2.08. The molecule has 0 aliphatic heterocycles. The highest BCUT2D eigenvalue weighted by Crippen LogP contribution is 2.13. The van der Waals surface area contributed by atoms with Crippen molar-refractivity contribution in [2.75, 3.05) is 27.6 Å². The van der Waals surface area contributed by atoms with E-state index in [-0.39, 0.29) is 0 Å². The quantitative estimate of drug-likeness (QED) is 0.581. The summed E-state index contributed by atoms with van der Waals surface area (Å²) in [5.41, 5.74) is 0. The molecule has 0 radical (unpaired) electrons. The molecule has 8 heteroatoms. The van der Waals surface area contributed by atoms with Gasteiger partial charge in [0.15, 0.2) is 0 Å². The molecule has 94 valence electrons. The fourth-order valence-corrected chi connectivity index (χ4v) is 2.59. The van der Waals surface area contributed by atoms with Crippen LogP contribution < -0.4 is 0 Å². The average molecular weight is 260 g/mol. The van der Waals surface area contributed by atoms with E-state index in [0.717, 1.165) is 12.5 Å². The zero-order valence-electron chi connectivity index (χ0n) is 9.81. The maximum atomic E-state index is 9.19. The summed E-state index contributed by atoms with van der Waals surface area (Å²) in [4.78, 5) is 0. The van der Waals surface area contributed by atoms with E-state index in [2.05, 4.69) is 6.92 Å². The van der Waals surface area contributed by atoms with E-state index in [1.54, 1.807) is 21.3 Å². The molecular weight excluding hydrogens is 240 g/mol. The Hall–Kier alpha value is 0.00688. The van der Waals surface area contributed by atoms with Crippen LogP contribution in [-0.2, 0) is 23.4 Å². The molecule has 0 aromatic heterocycles. The molecule has 0 aromatic rings. The molecule has 0 atom stereocenters. The van der Waals surface area contributed by atoms with Gasteiger partial charge in [0, 0.05) is 27.4 Å². The minimum Gasteiger partial charge on any atom is -0.377 e. The van der Waals surface area contributed by atoms with E-state index < -0.39 is 18.9 Å². The first-order valence-corrected chi connectivity index (χ1v) is 8.10. The van der Waals surface area contributed by atoms with Crippen molar-refractivity contribution in [1.29, 1.82) is 0 Å². The minimum atomic E-state index is -3.67. The zero-order valence-corrected chi connectivity index (χ0v) is 11.6. The van der Waals surface area contributed by atoms with Crippen molar-refractivity contribution in [3.63, 3.8) is 0 Å². The second-order valence-electron chi connectivity index (χ2n) is 2.78. The molecule has 15 heavy (non-hydrogen) atoms. The SMILES string of the molecule is CCC[Si](OC)(OC)OC.CS(=O)(=O)O. The van der Waals surface area contributed by atoms with Crippen LogP contribution in [-0.4, -0.2) is 49.4 Å². The molecule has 0 bridgehead atoms. The lowest BCUT2D eigenvalue weighted by molar-refractivity contribution is 0.123. The summed E-state index contributed by atoms with van der Waals surface area (Å²) in [5, 5.41) is 0. The van der Waals surface area contributed by atoms with Gasteiger partial charge in [-0.25, -0.2) is 0 Å². The first-order chi connectivity index (χ1) is 6.74. The van der Waals surface area contributed by atoms with Gasteiger partial charge in [0.25, 0.3) is 10.1 Å². The molecule has 0 rings (SSSR count). The van der Waals surface area contributed by atoms with Crippen molar-refractivity contribution in [1.82, 2.24) is 0 Å². The molecule has 0 aromatic carbocycles. The Balaban J connectivity index is 0. The largest absolute Gasteiger partial charge is 0.500 e. The van der Waals surface area contributed by atoms with Crippen LogP contribution in [0.5, 0.6) is 0 Å². The van der Waals surface area contributed by atoms with Gasteiger partial charge in [0.2, 0.25) is 0 Å². The summed E-state index contributed by atoms with van der Waals surface area (Å²) in [6, 6.07) is 0.885. The van der Waals surface area contributed by atoms with E-state index in [1.165, 1.54) is 0 Å². The molecule has 0 aliphatic rings. The van der Waals surface area contributed by atoms with Crippen molar-refractivity contribution in [3.8, 4) is 0 Å². The van der Waals surface area contributed by atoms with E-state index in [1.807, 2.05) is 0 Å². The Morgan fingerprint density at radius 1 is 1.13 bits per heavy atom. The van der Waals surface area contributed by atoms with E-state index in [4.69, 9.17) is 17.8 Å². The van der Waals surface area contributed by atoms with Crippen molar-refractivity contribution in [2.24, 2.45) is 0 Å². The van der Waals surface area contributed by atoms with Crippen molar-refractivity contribution >= 4 is 18.9 Å². The molecule has 0 saturated heterocycles. The Morgan fingerprint density at radius 2 is 1.40 bits per heavy atom. The van der Waals surface area contributed by atoms with Crippen molar-refractivity contribution in [2.45, 2.75) is 19.4 Å². The summed E-state index contributed by atoms with van der Waals surface area (Å²) in [6.07, 6.45) is 1.74. The summed E-state index contributed by atoms with van der Waals surface area (Å²) < 4.78 is 41.4. The Morgan fingerprint density at radius 3 is 1.47 bits per heavy atom. The fourth-order valence-electron chi connectivity index (χ4n) is 0.862. The van der Waals surface area contributed by atoms with Crippen LogP contribution in [0.25, 0.3) is 0 Å². The Bertz CT molecular complexity index is 220. The van der Waals surface area contributed by atoms with Crippen molar-refractivity contribution in [3.05, 3.63) is 0 Å². The lowest BCUT2D eigenvalue weighted by atomic mass is 10.6. The molecule has 0 fully saturated rings.